The predicted molar refractivity (Wildman–Crippen MR) is 190 cm³/mol. The Morgan fingerprint density at radius 3 is 1.98 bits per heavy atom. The second-order valence-corrected chi connectivity index (χ2v) is 18.2. The molecule has 1 heterocycles. The molecule has 3 aliphatic carbocycles. The van der Waals surface area contributed by atoms with Crippen molar-refractivity contribution >= 4 is 39.5 Å². The van der Waals surface area contributed by atoms with Crippen molar-refractivity contribution in [1.82, 2.24) is 20.3 Å². The highest BCUT2D eigenvalue weighted by Crippen LogP contribution is 2.48. The van der Waals surface area contributed by atoms with Crippen LogP contribution in [0.5, 0.6) is 0 Å². The van der Waals surface area contributed by atoms with E-state index in [0.717, 1.165) is 22.3 Å². The lowest BCUT2D eigenvalue weighted by atomic mass is 9.85. The van der Waals surface area contributed by atoms with Gasteiger partial charge in [-0.2, -0.15) is 0 Å². The lowest BCUT2D eigenvalue weighted by Crippen LogP contribution is -2.60. The lowest BCUT2D eigenvalue weighted by Gasteiger charge is -2.36. The number of nitrogens with zero attached hydrogens (tertiary/aromatic N) is 2. The van der Waals surface area contributed by atoms with Crippen molar-refractivity contribution < 1.29 is 46.0 Å². The molecule has 2 aromatic carbocycles. The van der Waals surface area contributed by atoms with E-state index >= 15 is 0 Å². The van der Waals surface area contributed by atoms with Gasteiger partial charge in [0.1, 0.15) is 35.0 Å². The molecule has 4 amide bonds. The second-order valence-electron chi connectivity index (χ2n) is 16.2. The van der Waals surface area contributed by atoms with Crippen LogP contribution in [-0.2, 0) is 34.0 Å². The van der Waals surface area contributed by atoms with E-state index in [-0.39, 0.29) is 13.0 Å². The van der Waals surface area contributed by atoms with Crippen molar-refractivity contribution in [3.8, 4) is 11.1 Å². The van der Waals surface area contributed by atoms with Gasteiger partial charge in [0.2, 0.25) is 28.3 Å². The van der Waals surface area contributed by atoms with Crippen LogP contribution in [0.4, 0.5) is 13.6 Å². The summed E-state index contributed by atoms with van der Waals surface area (Å²) >= 11 is 0. The standard InChI is InChI=1S/C37H45F2N5O8S/c1-35(2,3)29(40-34(48)51-36(4,5)6)32(46)44-19-20(52-42-28-24-13-9-7-11-22(24)23-12-8-10-14-25(23)28)17-27(44)31(45)41-37(18-26(37)30(38)39)33(47)43-53(49,50)21-15-16-21/h7-14,20-21,26-27,29-30H,15-19H2,1-6H3,(H,40,48)(H,41,45)(H,43,47)/t20-,26+,27?,29-,37+/m1/s1. The molecule has 6 rings (SSSR count). The Morgan fingerprint density at radius 1 is 0.925 bits per heavy atom. The van der Waals surface area contributed by atoms with Crippen LogP contribution in [0.3, 0.4) is 0 Å². The first-order valence-corrected chi connectivity index (χ1v) is 19.2. The Hall–Kier alpha value is -4.60. The highest BCUT2D eigenvalue weighted by Gasteiger charge is 2.67. The summed E-state index contributed by atoms with van der Waals surface area (Å²) in [7, 11) is -4.12. The maximum absolute atomic E-state index is 14.4. The summed E-state index contributed by atoms with van der Waals surface area (Å²) in [5, 5.41) is 8.72. The number of benzene rings is 2. The summed E-state index contributed by atoms with van der Waals surface area (Å²) in [6, 6.07) is 12.7. The zero-order valence-corrected chi connectivity index (χ0v) is 31.3. The third-order valence-electron chi connectivity index (χ3n) is 9.84. The van der Waals surface area contributed by atoms with E-state index < -0.39 is 92.6 Å². The highest BCUT2D eigenvalue weighted by molar-refractivity contribution is 7.91. The zero-order chi connectivity index (χ0) is 38.7. The molecule has 286 valence electrons. The summed E-state index contributed by atoms with van der Waals surface area (Å²) in [5.74, 6) is -4.55. The van der Waals surface area contributed by atoms with E-state index in [9.17, 15) is 36.4 Å². The topological polar surface area (TPSA) is 173 Å². The smallest absolute Gasteiger partial charge is 0.408 e. The van der Waals surface area contributed by atoms with Crippen LogP contribution in [0.25, 0.3) is 11.1 Å². The molecule has 2 aromatic rings. The van der Waals surface area contributed by atoms with Gasteiger partial charge < -0.3 is 25.1 Å². The van der Waals surface area contributed by atoms with E-state index in [1.54, 1.807) is 41.5 Å². The van der Waals surface area contributed by atoms with Crippen LogP contribution < -0.4 is 15.4 Å². The minimum absolute atomic E-state index is 0.154. The molecule has 0 bridgehead atoms. The van der Waals surface area contributed by atoms with Crippen molar-refractivity contribution in [2.75, 3.05) is 6.54 Å². The Bertz CT molecular complexity index is 1910. The first-order chi connectivity index (χ1) is 24.7. The highest BCUT2D eigenvalue weighted by atomic mass is 32.2. The molecule has 5 atom stereocenters. The Morgan fingerprint density at radius 2 is 1.49 bits per heavy atom. The number of carbonyl (C=O) groups is 4. The number of alkyl carbamates (subject to hydrolysis) is 1. The molecular weight excluding hydrogens is 712 g/mol. The predicted octanol–water partition coefficient (Wildman–Crippen LogP) is 4.09. The van der Waals surface area contributed by atoms with Gasteiger partial charge in [-0.3, -0.25) is 19.1 Å². The number of oxime groups is 1. The van der Waals surface area contributed by atoms with E-state index in [1.165, 1.54) is 4.90 Å². The molecule has 16 heteroatoms. The van der Waals surface area contributed by atoms with Gasteiger partial charge in [0.05, 0.1) is 17.7 Å². The van der Waals surface area contributed by atoms with Crippen LogP contribution in [0, 0.1) is 11.3 Å². The maximum atomic E-state index is 14.4. The normalized spacial score (nSPS) is 24.1. The van der Waals surface area contributed by atoms with Crippen molar-refractivity contribution in [2.45, 2.75) is 108 Å². The number of amides is 4. The van der Waals surface area contributed by atoms with Gasteiger partial charge in [0.25, 0.3) is 5.91 Å². The van der Waals surface area contributed by atoms with Crippen LogP contribution >= 0.6 is 0 Å². The number of ether oxygens (including phenoxy) is 1. The molecule has 0 aromatic heterocycles. The van der Waals surface area contributed by atoms with Crippen molar-refractivity contribution in [3.63, 3.8) is 0 Å². The van der Waals surface area contributed by atoms with E-state index in [0.29, 0.717) is 18.6 Å². The number of rotatable bonds is 10. The second kappa shape index (κ2) is 13.7. The molecule has 1 saturated heterocycles. The van der Waals surface area contributed by atoms with Gasteiger partial charge in [0.15, 0.2) is 0 Å². The number of alkyl halides is 2. The molecule has 2 saturated carbocycles. The van der Waals surface area contributed by atoms with Gasteiger partial charge in [0, 0.05) is 17.5 Å². The Balaban J connectivity index is 1.30. The molecule has 0 radical (unpaired) electrons. The molecule has 1 aliphatic heterocycles. The molecule has 4 aliphatic rings. The number of fused-ring (bicyclic) bond motifs is 3. The Labute approximate surface area is 307 Å². The third-order valence-corrected chi connectivity index (χ3v) is 11.7. The molecule has 53 heavy (non-hydrogen) atoms. The minimum Gasteiger partial charge on any atom is -0.444 e. The molecule has 1 unspecified atom stereocenters. The summed E-state index contributed by atoms with van der Waals surface area (Å²) in [5.41, 5.74) is 0.112. The number of carbonyl (C=O) groups excluding carboxylic acids is 4. The molecule has 3 N–H and O–H groups in total. The maximum Gasteiger partial charge on any atom is 0.408 e. The summed E-state index contributed by atoms with van der Waals surface area (Å²) in [6.45, 7) is 9.94. The molecular formula is C37H45F2N5O8S. The largest absolute Gasteiger partial charge is 0.444 e. The van der Waals surface area contributed by atoms with Gasteiger partial charge >= 0.3 is 6.09 Å². The van der Waals surface area contributed by atoms with E-state index in [2.05, 4.69) is 15.8 Å². The van der Waals surface area contributed by atoms with Crippen LogP contribution in [0.2, 0.25) is 0 Å². The fourth-order valence-electron chi connectivity index (χ4n) is 6.86. The Kier molecular flexibility index (Phi) is 9.84. The van der Waals surface area contributed by atoms with E-state index in [4.69, 9.17) is 9.57 Å². The average Bonchev–Trinajstić information content (AvgIpc) is 3.98. The molecule has 13 nitrogen and oxygen atoms in total. The van der Waals surface area contributed by atoms with Gasteiger partial charge in [-0.25, -0.2) is 22.0 Å². The summed E-state index contributed by atoms with van der Waals surface area (Å²) in [6.07, 6.45) is -4.79. The zero-order valence-electron chi connectivity index (χ0n) is 30.4. The van der Waals surface area contributed by atoms with Crippen LogP contribution in [0.1, 0.15) is 78.4 Å². The molecule has 0 spiro atoms. The first-order valence-electron chi connectivity index (χ1n) is 17.6. The van der Waals surface area contributed by atoms with E-state index in [1.807, 2.05) is 53.3 Å². The number of nitrogens with one attached hydrogen (secondary N) is 3. The quantitative estimate of drug-likeness (QED) is 0.260. The lowest BCUT2D eigenvalue weighted by molar-refractivity contribution is -0.143. The first kappa shape index (κ1) is 38.1. The summed E-state index contributed by atoms with van der Waals surface area (Å²) in [4.78, 5) is 62.0. The van der Waals surface area contributed by atoms with Crippen LogP contribution in [0.15, 0.2) is 53.7 Å². The number of halogens is 2. The van der Waals surface area contributed by atoms with Crippen molar-refractivity contribution in [3.05, 3.63) is 59.7 Å². The minimum atomic E-state index is -4.12. The van der Waals surface area contributed by atoms with Gasteiger partial charge in [-0.15, -0.1) is 0 Å². The van der Waals surface area contributed by atoms with Crippen molar-refractivity contribution in [2.24, 2.45) is 16.5 Å². The SMILES string of the molecule is CC(C)(C)OC(=O)N[C@H](C(=O)N1C[C@H](ON=C2c3ccccc3-c3ccccc32)CC1C(=O)N[C@@]1(C(=O)NS(=O)(=O)C2CC2)C[C@H]1C(F)F)C(C)(C)C. The van der Waals surface area contributed by atoms with Crippen LogP contribution in [-0.4, -0.2) is 90.4 Å². The fourth-order valence-corrected chi connectivity index (χ4v) is 8.23. The van der Waals surface area contributed by atoms with Gasteiger partial charge in [-0.1, -0.05) is 74.5 Å². The monoisotopic (exact) mass is 757 g/mol. The number of sulfonamides is 1. The van der Waals surface area contributed by atoms with Gasteiger partial charge in [-0.05, 0) is 56.6 Å². The summed E-state index contributed by atoms with van der Waals surface area (Å²) < 4.78 is 60.7. The number of likely N-dealkylation sites (tertiary alicyclic amines) is 1. The average molecular weight is 758 g/mol. The van der Waals surface area contributed by atoms with Crippen molar-refractivity contribution in [1.29, 1.82) is 0 Å². The number of hydrogen-bond acceptors (Lipinski definition) is 9. The fraction of sp³-hybridized carbons (Fsp3) is 0.541. The number of hydrogen-bond donors (Lipinski definition) is 3. The molecule has 3 fully saturated rings. The third kappa shape index (κ3) is 7.87.